The molecule has 0 aliphatic carbocycles. The van der Waals surface area contributed by atoms with Crippen LogP contribution < -0.4 is 5.73 Å². The van der Waals surface area contributed by atoms with Crippen molar-refractivity contribution in [1.29, 1.82) is 0 Å². The maximum Gasteiger partial charge on any atom is 0.328 e. The second kappa shape index (κ2) is 5.67. The highest BCUT2D eigenvalue weighted by Crippen LogP contribution is 2.23. The van der Waals surface area contributed by atoms with Crippen LogP contribution in [0.5, 0.6) is 0 Å². The molecule has 1 aliphatic heterocycles. The van der Waals surface area contributed by atoms with E-state index in [1.54, 1.807) is 0 Å². The molecule has 2 rings (SSSR count). The van der Waals surface area contributed by atoms with Gasteiger partial charge in [-0.25, -0.2) is 4.79 Å². The van der Waals surface area contributed by atoms with E-state index in [2.05, 4.69) is 17.1 Å². The minimum Gasteiger partial charge on any atom is -0.480 e. The van der Waals surface area contributed by atoms with Gasteiger partial charge in [0, 0.05) is 5.92 Å². The Hall–Kier alpha value is -1.84. The summed E-state index contributed by atoms with van der Waals surface area (Å²) in [5.74, 6) is -0.228. The number of nitrogens with zero attached hydrogens (tertiary/aromatic N) is 1. The van der Waals surface area contributed by atoms with Gasteiger partial charge in [0.1, 0.15) is 6.04 Å². The Labute approximate surface area is 107 Å². The lowest BCUT2D eigenvalue weighted by atomic mass is 9.95. The van der Waals surface area contributed by atoms with E-state index < -0.39 is 12.0 Å². The van der Waals surface area contributed by atoms with Crippen LogP contribution in [-0.4, -0.2) is 23.0 Å². The smallest absolute Gasteiger partial charge is 0.328 e. The predicted molar refractivity (Wildman–Crippen MR) is 70.5 cm³/mol. The monoisotopic (exact) mass is 246 g/mol. The van der Waals surface area contributed by atoms with Crippen LogP contribution in [0.15, 0.2) is 35.3 Å². The first-order chi connectivity index (χ1) is 8.66. The number of aliphatic carboxylic acids is 1. The van der Waals surface area contributed by atoms with E-state index in [9.17, 15) is 4.79 Å². The first-order valence-electron chi connectivity index (χ1n) is 6.26. The van der Waals surface area contributed by atoms with E-state index in [-0.39, 0.29) is 5.92 Å². The van der Waals surface area contributed by atoms with Crippen molar-refractivity contribution in [2.45, 2.75) is 31.7 Å². The van der Waals surface area contributed by atoms with Crippen LogP contribution in [0.25, 0.3) is 0 Å². The van der Waals surface area contributed by atoms with Gasteiger partial charge in [0.15, 0.2) is 0 Å². The summed E-state index contributed by atoms with van der Waals surface area (Å²) in [5, 5.41) is 8.89. The van der Waals surface area contributed by atoms with Gasteiger partial charge >= 0.3 is 5.97 Å². The summed E-state index contributed by atoms with van der Waals surface area (Å²) in [5.41, 5.74) is 7.08. The second-order valence-electron chi connectivity index (χ2n) is 4.72. The van der Waals surface area contributed by atoms with Gasteiger partial charge in [-0.1, -0.05) is 30.3 Å². The van der Waals surface area contributed by atoms with E-state index in [1.165, 1.54) is 5.56 Å². The van der Waals surface area contributed by atoms with Gasteiger partial charge in [-0.15, -0.1) is 0 Å². The van der Waals surface area contributed by atoms with Gasteiger partial charge in [-0.05, 0) is 31.2 Å². The SMILES string of the molecule is NC1=N[C@H](C(=O)O)C[C@@H]1CCCc1ccccc1. The topological polar surface area (TPSA) is 75.7 Å². The average Bonchev–Trinajstić information content (AvgIpc) is 2.73. The van der Waals surface area contributed by atoms with E-state index in [1.807, 2.05) is 18.2 Å². The number of hydrogen-bond acceptors (Lipinski definition) is 3. The molecule has 0 fully saturated rings. The number of nitrogens with two attached hydrogens (primary N) is 1. The first kappa shape index (κ1) is 12.6. The molecule has 4 nitrogen and oxygen atoms in total. The molecule has 18 heavy (non-hydrogen) atoms. The van der Waals surface area contributed by atoms with Gasteiger partial charge in [0.05, 0.1) is 5.84 Å². The van der Waals surface area contributed by atoms with Crippen LogP contribution in [0.2, 0.25) is 0 Å². The molecular formula is C14H18N2O2. The summed E-state index contributed by atoms with van der Waals surface area (Å²) in [6.07, 6.45) is 3.48. The number of amidine groups is 1. The number of rotatable bonds is 5. The van der Waals surface area contributed by atoms with E-state index in [0.29, 0.717) is 12.3 Å². The fraction of sp³-hybridized carbons (Fsp3) is 0.429. The van der Waals surface area contributed by atoms with Crippen molar-refractivity contribution in [2.24, 2.45) is 16.6 Å². The molecule has 1 aromatic carbocycles. The number of carbonyl (C=O) groups is 1. The number of aryl methyl sites for hydroxylation is 1. The van der Waals surface area contributed by atoms with Crippen LogP contribution in [0.4, 0.5) is 0 Å². The zero-order valence-electron chi connectivity index (χ0n) is 10.2. The third kappa shape index (κ3) is 3.09. The van der Waals surface area contributed by atoms with Gasteiger partial charge in [-0.3, -0.25) is 4.99 Å². The van der Waals surface area contributed by atoms with Crippen LogP contribution in [0.1, 0.15) is 24.8 Å². The second-order valence-corrected chi connectivity index (χ2v) is 4.72. The molecule has 0 unspecified atom stereocenters. The van der Waals surface area contributed by atoms with Gasteiger partial charge in [0.25, 0.3) is 0 Å². The molecule has 0 aromatic heterocycles. The molecule has 3 N–H and O–H groups in total. The standard InChI is InChI=1S/C14H18N2O2/c15-13-11(9-12(16-13)14(17)18)8-4-7-10-5-2-1-3-6-10/h1-3,5-6,11-12H,4,7-9H2,(H2,15,16)(H,17,18)/t11-,12-/m0/s1. The molecular weight excluding hydrogens is 228 g/mol. The minimum absolute atomic E-state index is 0.134. The van der Waals surface area contributed by atoms with Crippen LogP contribution >= 0.6 is 0 Å². The number of benzene rings is 1. The normalized spacial score (nSPS) is 22.8. The van der Waals surface area contributed by atoms with Crippen molar-refractivity contribution in [2.75, 3.05) is 0 Å². The molecule has 1 heterocycles. The van der Waals surface area contributed by atoms with Gasteiger partial charge in [0.2, 0.25) is 0 Å². The summed E-state index contributed by atoms with van der Waals surface area (Å²) in [6, 6.07) is 9.63. The maximum atomic E-state index is 10.8. The lowest BCUT2D eigenvalue weighted by molar-refractivity contribution is -0.138. The Morgan fingerprint density at radius 1 is 1.39 bits per heavy atom. The molecule has 0 saturated heterocycles. The van der Waals surface area contributed by atoms with Gasteiger partial charge < -0.3 is 10.8 Å². The molecule has 1 aromatic rings. The Balaban J connectivity index is 1.79. The van der Waals surface area contributed by atoms with E-state index >= 15 is 0 Å². The highest BCUT2D eigenvalue weighted by molar-refractivity contribution is 5.89. The molecule has 0 spiro atoms. The first-order valence-corrected chi connectivity index (χ1v) is 6.26. The number of carboxylic acids is 1. The van der Waals surface area contributed by atoms with Crippen molar-refractivity contribution < 1.29 is 9.90 Å². The quantitative estimate of drug-likeness (QED) is 0.832. The highest BCUT2D eigenvalue weighted by atomic mass is 16.4. The Morgan fingerprint density at radius 3 is 2.72 bits per heavy atom. The number of hydrogen-bond donors (Lipinski definition) is 2. The van der Waals surface area contributed by atoms with Crippen LogP contribution in [0, 0.1) is 5.92 Å². The zero-order chi connectivity index (χ0) is 13.0. The predicted octanol–water partition coefficient (Wildman–Crippen LogP) is 1.84. The maximum absolute atomic E-state index is 10.8. The summed E-state index contributed by atoms with van der Waals surface area (Å²) in [4.78, 5) is 14.8. The third-order valence-electron chi connectivity index (χ3n) is 3.38. The van der Waals surface area contributed by atoms with Crippen molar-refractivity contribution in [1.82, 2.24) is 0 Å². The molecule has 96 valence electrons. The molecule has 4 heteroatoms. The summed E-state index contributed by atoms with van der Waals surface area (Å²) in [7, 11) is 0. The zero-order valence-corrected chi connectivity index (χ0v) is 10.2. The average molecular weight is 246 g/mol. The van der Waals surface area contributed by atoms with E-state index in [4.69, 9.17) is 10.8 Å². The molecule has 0 saturated carbocycles. The lowest BCUT2D eigenvalue weighted by Crippen LogP contribution is -2.20. The van der Waals surface area contributed by atoms with Crippen molar-refractivity contribution >= 4 is 11.8 Å². The highest BCUT2D eigenvalue weighted by Gasteiger charge is 2.30. The fourth-order valence-corrected chi connectivity index (χ4v) is 2.35. The Bertz CT molecular complexity index is 442. The fourth-order valence-electron chi connectivity index (χ4n) is 2.35. The van der Waals surface area contributed by atoms with Crippen LogP contribution in [0.3, 0.4) is 0 Å². The van der Waals surface area contributed by atoms with Gasteiger partial charge in [-0.2, -0.15) is 0 Å². The summed E-state index contributed by atoms with van der Waals surface area (Å²) >= 11 is 0. The Morgan fingerprint density at radius 2 is 2.11 bits per heavy atom. The molecule has 2 atom stereocenters. The van der Waals surface area contributed by atoms with Crippen molar-refractivity contribution in [3.63, 3.8) is 0 Å². The van der Waals surface area contributed by atoms with Crippen LogP contribution in [-0.2, 0) is 11.2 Å². The molecule has 0 radical (unpaired) electrons. The summed E-state index contributed by atoms with van der Waals surface area (Å²) < 4.78 is 0. The third-order valence-corrected chi connectivity index (χ3v) is 3.38. The van der Waals surface area contributed by atoms with Crippen molar-refractivity contribution in [3.8, 4) is 0 Å². The molecule has 1 aliphatic rings. The largest absolute Gasteiger partial charge is 0.480 e. The van der Waals surface area contributed by atoms with Crippen molar-refractivity contribution in [3.05, 3.63) is 35.9 Å². The number of carboxylic acid groups (broad SMARTS) is 1. The summed E-state index contributed by atoms with van der Waals surface area (Å²) in [6.45, 7) is 0. The lowest BCUT2D eigenvalue weighted by Gasteiger charge is -2.09. The molecule has 0 bridgehead atoms. The molecule has 0 amide bonds. The Kier molecular flexibility index (Phi) is 3.97. The van der Waals surface area contributed by atoms with E-state index in [0.717, 1.165) is 19.3 Å². The minimum atomic E-state index is -0.872. The number of aliphatic imine (C=N–C) groups is 1.